The van der Waals surface area contributed by atoms with E-state index in [2.05, 4.69) is 10.6 Å². The van der Waals surface area contributed by atoms with Crippen LogP contribution in [0.15, 0.2) is 18.2 Å². The molecule has 1 unspecified atom stereocenters. The van der Waals surface area contributed by atoms with E-state index in [1.165, 1.54) is 24.6 Å². The van der Waals surface area contributed by atoms with Crippen LogP contribution in [0.2, 0.25) is 0 Å². The third-order valence-electron chi connectivity index (χ3n) is 3.19. The largest absolute Gasteiger partial charge is 0.507 e. The second-order valence-corrected chi connectivity index (χ2v) is 4.51. The molecule has 5 nitrogen and oxygen atoms in total. The van der Waals surface area contributed by atoms with Gasteiger partial charge in [0.1, 0.15) is 17.1 Å². The second-order valence-electron chi connectivity index (χ2n) is 4.51. The molecule has 1 fully saturated rings. The van der Waals surface area contributed by atoms with Gasteiger partial charge in [-0.2, -0.15) is 0 Å². The minimum atomic E-state index is -0.441. The molecule has 4 N–H and O–H groups in total. The van der Waals surface area contributed by atoms with Crippen LogP contribution < -0.4 is 10.6 Å². The molecular formula is C13H18N2O3. The Labute approximate surface area is 106 Å². The molecule has 5 heteroatoms. The van der Waals surface area contributed by atoms with E-state index in [-0.39, 0.29) is 17.1 Å². The van der Waals surface area contributed by atoms with Gasteiger partial charge in [0.2, 0.25) is 0 Å². The lowest BCUT2D eigenvalue weighted by Crippen LogP contribution is -2.30. The topological polar surface area (TPSA) is 81.6 Å². The Bertz CT molecular complexity index is 408. The number of rotatable bonds is 4. The number of hydrogen-bond acceptors (Lipinski definition) is 4. The number of amides is 1. The fourth-order valence-corrected chi connectivity index (χ4v) is 2.21. The number of hydrogen-bond donors (Lipinski definition) is 4. The standard InChI is InChI=1S/C13H18N2O3/c16-10-4-1-5-11(17)12(10)13(18)15-8-6-9-3-2-7-14-9/h1,4-5,9,14,16-17H,2-3,6-8H2,(H,15,18). The van der Waals surface area contributed by atoms with Gasteiger partial charge in [0, 0.05) is 12.6 Å². The van der Waals surface area contributed by atoms with Crippen LogP contribution in [0.3, 0.4) is 0 Å². The van der Waals surface area contributed by atoms with Gasteiger partial charge in [-0.3, -0.25) is 4.79 Å². The molecule has 1 aromatic rings. The first kappa shape index (κ1) is 12.7. The summed E-state index contributed by atoms with van der Waals surface area (Å²) in [5, 5.41) is 25.1. The number of nitrogens with one attached hydrogen (secondary N) is 2. The van der Waals surface area contributed by atoms with Crippen molar-refractivity contribution in [3.8, 4) is 11.5 Å². The lowest BCUT2D eigenvalue weighted by Gasteiger charge is -2.11. The average Bonchev–Trinajstić information content (AvgIpc) is 2.82. The quantitative estimate of drug-likeness (QED) is 0.642. The molecule has 18 heavy (non-hydrogen) atoms. The summed E-state index contributed by atoms with van der Waals surface area (Å²) in [7, 11) is 0. The highest BCUT2D eigenvalue weighted by Gasteiger charge is 2.17. The van der Waals surface area contributed by atoms with Crippen LogP contribution in [0, 0.1) is 0 Å². The lowest BCUT2D eigenvalue weighted by molar-refractivity contribution is 0.0947. The van der Waals surface area contributed by atoms with Crippen molar-refractivity contribution in [3.05, 3.63) is 23.8 Å². The molecular weight excluding hydrogens is 232 g/mol. The minimum Gasteiger partial charge on any atom is -0.507 e. The first-order valence-electron chi connectivity index (χ1n) is 6.21. The molecule has 0 saturated carbocycles. The first-order valence-corrected chi connectivity index (χ1v) is 6.21. The minimum absolute atomic E-state index is 0.0584. The molecule has 1 aliphatic rings. The maximum Gasteiger partial charge on any atom is 0.258 e. The van der Waals surface area contributed by atoms with Crippen LogP contribution in [0.5, 0.6) is 11.5 Å². The van der Waals surface area contributed by atoms with Crippen LogP contribution in [-0.4, -0.2) is 35.3 Å². The van der Waals surface area contributed by atoms with Crippen LogP contribution in [0.1, 0.15) is 29.6 Å². The zero-order valence-corrected chi connectivity index (χ0v) is 10.1. The van der Waals surface area contributed by atoms with Crippen LogP contribution in [-0.2, 0) is 0 Å². The number of phenols is 2. The van der Waals surface area contributed by atoms with Crippen molar-refractivity contribution in [1.29, 1.82) is 0 Å². The van der Waals surface area contributed by atoms with Crippen molar-refractivity contribution in [2.24, 2.45) is 0 Å². The van der Waals surface area contributed by atoms with Crippen LogP contribution >= 0.6 is 0 Å². The van der Waals surface area contributed by atoms with E-state index in [0.717, 1.165) is 19.4 Å². The van der Waals surface area contributed by atoms with Gasteiger partial charge in [-0.25, -0.2) is 0 Å². The third kappa shape index (κ3) is 2.92. The highest BCUT2D eigenvalue weighted by Crippen LogP contribution is 2.25. The summed E-state index contributed by atoms with van der Waals surface area (Å²) >= 11 is 0. The van der Waals surface area contributed by atoms with Gasteiger partial charge in [0.15, 0.2) is 0 Å². The molecule has 1 saturated heterocycles. The Morgan fingerprint density at radius 1 is 1.39 bits per heavy atom. The maximum absolute atomic E-state index is 11.8. The zero-order valence-electron chi connectivity index (χ0n) is 10.1. The van der Waals surface area contributed by atoms with E-state index in [9.17, 15) is 15.0 Å². The Morgan fingerprint density at radius 3 is 2.72 bits per heavy atom. The lowest BCUT2D eigenvalue weighted by atomic mass is 10.1. The monoisotopic (exact) mass is 250 g/mol. The van der Waals surface area contributed by atoms with E-state index in [0.29, 0.717) is 12.6 Å². The Morgan fingerprint density at radius 2 is 2.11 bits per heavy atom. The molecule has 0 aromatic heterocycles. The fourth-order valence-electron chi connectivity index (χ4n) is 2.21. The summed E-state index contributed by atoms with van der Waals surface area (Å²) in [6.45, 7) is 1.57. The van der Waals surface area contributed by atoms with E-state index < -0.39 is 5.91 Å². The summed E-state index contributed by atoms with van der Waals surface area (Å²) in [4.78, 5) is 11.8. The third-order valence-corrected chi connectivity index (χ3v) is 3.19. The van der Waals surface area contributed by atoms with Crippen molar-refractivity contribution >= 4 is 5.91 Å². The van der Waals surface area contributed by atoms with E-state index in [1.54, 1.807) is 0 Å². The molecule has 0 radical (unpaired) electrons. The number of benzene rings is 1. The van der Waals surface area contributed by atoms with Gasteiger partial charge in [-0.05, 0) is 37.9 Å². The number of phenolic OH excluding ortho intramolecular Hbond substituents is 2. The smallest absolute Gasteiger partial charge is 0.258 e. The van der Waals surface area contributed by atoms with Gasteiger partial charge >= 0.3 is 0 Å². The molecule has 1 heterocycles. The second kappa shape index (κ2) is 5.73. The van der Waals surface area contributed by atoms with Crippen molar-refractivity contribution in [3.63, 3.8) is 0 Å². The predicted octanol–water partition coefficient (Wildman–Crippen LogP) is 0.970. The number of carbonyl (C=O) groups is 1. The first-order chi connectivity index (χ1) is 8.68. The highest BCUT2D eigenvalue weighted by molar-refractivity contribution is 5.99. The van der Waals surface area contributed by atoms with E-state index in [4.69, 9.17) is 0 Å². The zero-order chi connectivity index (χ0) is 13.0. The Balaban J connectivity index is 1.87. The summed E-state index contributed by atoms with van der Waals surface area (Å²) < 4.78 is 0. The Hall–Kier alpha value is -1.75. The van der Waals surface area contributed by atoms with Crippen molar-refractivity contribution in [2.75, 3.05) is 13.1 Å². The van der Waals surface area contributed by atoms with Crippen molar-refractivity contribution in [2.45, 2.75) is 25.3 Å². The maximum atomic E-state index is 11.8. The summed E-state index contributed by atoms with van der Waals surface area (Å²) in [6.07, 6.45) is 3.18. The number of aromatic hydroxyl groups is 2. The Kier molecular flexibility index (Phi) is 4.04. The van der Waals surface area contributed by atoms with Crippen molar-refractivity contribution in [1.82, 2.24) is 10.6 Å². The van der Waals surface area contributed by atoms with Crippen LogP contribution in [0.4, 0.5) is 0 Å². The normalized spacial score (nSPS) is 18.8. The van der Waals surface area contributed by atoms with E-state index >= 15 is 0 Å². The molecule has 0 spiro atoms. The average molecular weight is 250 g/mol. The summed E-state index contributed by atoms with van der Waals surface area (Å²) in [5.74, 6) is -0.846. The fraction of sp³-hybridized carbons (Fsp3) is 0.462. The van der Waals surface area contributed by atoms with Crippen molar-refractivity contribution < 1.29 is 15.0 Å². The van der Waals surface area contributed by atoms with Gasteiger partial charge in [-0.15, -0.1) is 0 Å². The molecule has 0 bridgehead atoms. The van der Waals surface area contributed by atoms with E-state index in [1.807, 2.05) is 0 Å². The van der Waals surface area contributed by atoms with Gasteiger partial charge in [-0.1, -0.05) is 6.07 Å². The summed E-state index contributed by atoms with van der Waals surface area (Å²) in [6, 6.07) is 4.72. The molecule has 1 amide bonds. The molecule has 2 rings (SSSR count). The molecule has 0 aliphatic carbocycles. The van der Waals surface area contributed by atoms with Gasteiger partial charge in [0.25, 0.3) is 5.91 Å². The molecule has 1 aliphatic heterocycles. The van der Waals surface area contributed by atoms with Crippen LogP contribution in [0.25, 0.3) is 0 Å². The summed E-state index contributed by atoms with van der Waals surface area (Å²) in [5.41, 5.74) is -0.0584. The molecule has 1 atom stereocenters. The number of carbonyl (C=O) groups excluding carboxylic acids is 1. The van der Waals surface area contributed by atoms with Gasteiger partial charge < -0.3 is 20.8 Å². The SMILES string of the molecule is O=C(NCCC1CCCN1)c1c(O)cccc1O. The predicted molar refractivity (Wildman–Crippen MR) is 67.7 cm³/mol. The van der Waals surface area contributed by atoms with Gasteiger partial charge in [0.05, 0.1) is 0 Å². The highest BCUT2D eigenvalue weighted by atomic mass is 16.3. The molecule has 98 valence electrons. The molecule has 1 aromatic carbocycles.